The number of benzene rings is 1. The molecular weight excluding hydrogens is 284 g/mol. The molecule has 0 aromatic heterocycles. The highest BCUT2D eigenvalue weighted by Crippen LogP contribution is 2.13. The molecule has 1 aliphatic rings. The van der Waals surface area contributed by atoms with Crippen molar-refractivity contribution in [3.8, 4) is 0 Å². The highest BCUT2D eigenvalue weighted by Gasteiger charge is 2.36. The molecule has 0 saturated carbocycles. The van der Waals surface area contributed by atoms with Crippen LogP contribution in [-0.2, 0) is 20.9 Å². The Hall–Kier alpha value is -2.08. The first-order chi connectivity index (χ1) is 10.6. The molecule has 2 rings (SSSR count). The van der Waals surface area contributed by atoms with Crippen molar-refractivity contribution in [3.05, 3.63) is 35.9 Å². The third-order valence-corrected chi connectivity index (χ3v) is 3.58. The molecule has 0 spiro atoms. The van der Waals surface area contributed by atoms with Crippen LogP contribution in [-0.4, -0.2) is 61.2 Å². The summed E-state index contributed by atoms with van der Waals surface area (Å²) in [6, 6.07) is 8.85. The molecule has 0 radical (unpaired) electrons. The summed E-state index contributed by atoms with van der Waals surface area (Å²) in [7, 11) is 1.92. The number of rotatable bonds is 4. The lowest BCUT2D eigenvalue weighted by atomic mass is 10.2. The summed E-state index contributed by atoms with van der Waals surface area (Å²) in [6.45, 7) is 3.86. The Balaban J connectivity index is 1.97. The zero-order valence-corrected chi connectivity index (χ0v) is 13.0. The van der Waals surface area contributed by atoms with Crippen molar-refractivity contribution in [1.29, 1.82) is 0 Å². The van der Waals surface area contributed by atoms with Gasteiger partial charge in [0.1, 0.15) is 12.6 Å². The van der Waals surface area contributed by atoms with Gasteiger partial charge in [0.25, 0.3) is 0 Å². The molecule has 1 fully saturated rings. The van der Waals surface area contributed by atoms with E-state index in [1.54, 1.807) is 6.92 Å². The highest BCUT2D eigenvalue weighted by atomic mass is 16.6. The Morgan fingerprint density at radius 3 is 2.59 bits per heavy atom. The molecule has 1 unspecified atom stereocenters. The number of piperazine rings is 1. The van der Waals surface area contributed by atoms with Crippen molar-refractivity contribution in [2.24, 2.45) is 0 Å². The molecule has 1 saturated heterocycles. The minimum absolute atomic E-state index is 0.196. The second kappa shape index (κ2) is 7.79. The fourth-order valence-corrected chi connectivity index (χ4v) is 2.38. The zero-order chi connectivity index (χ0) is 15.9. The molecule has 1 aromatic rings. The second-order valence-electron chi connectivity index (χ2n) is 5.26. The largest absolute Gasteiger partial charge is 0.464 e. The van der Waals surface area contributed by atoms with Crippen LogP contribution in [0.15, 0.2) is 30.3 Å². The summed E-state index contributed by atoms with van der Waals surface area (Å²) in [5.41, 5.74) is 0.915. The van der Waals surface area contributed by atoms with E-state index in [-0.39, 0.29) is 12.6 Å². The summed E-state index contributed by atoms with van der Waals surface area (Å²) in [6.07, 6.45) is -0.477. The summed E-state index contributed by atoms with van der Waals surface area (Å²) < 4.78 is 10.4. The summed E-state index contributed by atoms with van der Waals surface area (Å²) >= 11 is 0. The predicted molar refractivity (Wildman–Crippen MR) is 81.3 cm³/mol. The lowest BCUT2D eigenvalue weighted by Crippen LogP contribution is -2.57. The number of ether oxygens (including phenoxy) is 2. The molecule has 1 atom stereocenters. The smallest absolute Gasteiger partial charge is 0.410 e. The Labute approximate surface area is 130 Å². The lowest BCUT2D eigenvalue weighted by Gasteiger charge is -2.37. The third-order valence-electron chi connectivity index (χ3n) is 3.58. The van der Waals surface area contributed by atoms with Crippen LogP contribution in [0.2, 0.25) is 0 Å². The van der Waals surface area contributed by atoms with Gasteiger partial charge >= 0.3 is 12.1 Å². The maximum Gasteiger partial charge on any atom is 0.410 e. The van der Waals surface area contributed by atoms with E-state index in [4.69, 9.17) is 9.47 Å². The van der Waals surface area contributed by atoms with E-state index < -0.39 is 12.1 Å². The first-order valence-electron chi connectivity index (χ1n) is 7.44. The van der Waals surface area contributed by atoms with Gasteiger partial charge in [0, 0.05) is 19.6 Å². The minimum atomic E-state index is -0.609. The van der Waals surface area contributed by atoms with Gasteiger partial charge in [-0.25, -0.2) is 9.59 Å². The molecule has 1 amide bonds. The van der Waals surface area contributed by atoms with Crippen molar-refractivity contribution < 1.29 is 19.1 Å². The van der Waals surface area contributed by atoms with E-state index in [0.717, 1.165) is 5.56 Å². The van der Waals surface area contributed by atoms with Crippen molar-refractivity contribution in [2.75, 3.05) is 33.3 Å². The average Bonchev–Trinajstić information content (AvgIpc) is 2.53. The first-order valence-corrected chi connectivity index (χ1v) is 7.44. The van der Waals surface area contributed by atoms with E-state index in [2.05, 4.69) is 0 Å². The van der Waals surface area contributed by atoms with Gasteiger partial charge < -0.3 is 14.4 Å². The number of hydrogen-bond acceptors (Lipinski definition) is 5. The molecule has 1 aliphatic heterocycles. The molecule has 120 valence electrons. The van der Waals surface area contributed by atoms with Crippen LogP contribution >= 0.6 is 0 Å². The van der Waals surface area contributed by atoms with Crippen LogP contribution in [0, 0.1) is 0 Å². The van der Waals surface area contributed by atoms with E-state index in [1.807, 2.05) is 42.3 Å². The number of likely N-dealkylation sites (N-methyl/N-ethyl adjacent to an activating group) is 1. The first kappa shape index (κ1) is 16.3. The maximum atomic E-state index is 12.3. The van der Waals surface area contributed by atoms with E-state index in [0.29, 0.717) is 26.2 Å². The fraction of sp³-hybridized carbons (Fsp3) is 0.500. The zero-order valence-electron chi connectivity index (χ0n) is 13.0. The SMILES string of the molecule is CCOC(=O)C1CN(C)CCN1C(=O)OCc1ccccc1. The normalized spacial score (nSPS) is 18.8. The molecule has 0 aliphatic carbocycles. The summed E-state index contributed by atoms with van der Waals surface area (Å²) in [5, 5.41) is 0. The van der Waals surface area contributed by atoms with E-state index in [1.165, 1.54) is 4.90 Å². The lowest BCUT2D eigenvalue weighted by molar-refractivity contribution is -0.151. The van der Waals surface area contributed by atoms with Gasteiger partial charge in [-0.05, 0) is 19.5 Å². The molecule has 6 nitrogen and oxygen atoms in total. The molecular formula is C16H22N2O4. The van der Waals surface area contributed by atoms with Gasteiger partial charge in [0.15, 0.2) is 0 Å². The standard InChI is InChI=1S/C16H22N2O4/c1-3-21-15(19)14-11-17(2)9-10-18(14)16(20)22-12-13-7-5-4-6-8-13/h4-8,14H,3,9-12H2,1-2H3. The number of amides is 1. The van der Waals surface area contributed by atoms with Gasteiger partial charge in [-0.15, -0.1) is 0 Å². The number of carbonyl (C=O) groups excluding carboxylic acids is 2. The Morgan fingerprint density at radius 1 is 1.18 bits per heavy atom. The number of nitrogens with zero attached hydrogens (tertiary/aromatic N) is 2. The molecule has 22 heavy (non-hydrogen) atoms. The van der Waals surface area contributed by atoms with Crippen molar-refractivity contribution in [1.82, 2.24) is 9.80 Å². The van der Waals surface area contributed by atoms with Crippen LogP contribution in [0.3, 0.4) is 0 Å². The molecule has 6 heteroatoms. The van der Waals surface area contributed by atoms with Gasteiger partial charge in [-0.1, -0.05) is 30.3 Å². The van der Waals surface area contributed by atoms with Crippen molar-refractivity contribution >= 4 is 12.1 Å². The van der Waals surface area contributed by atoms with Crippen LogP contribution in [0.25, 0.3) is 0 Å². The molecule has 0 N–H and O–H groups in total. The van der Waals surface area contributed by atoms with Crippen molar-refractivity contribution in [2.45, 2.75) is 19.6 Å². The topological polar surface area (TPSA) is 59.1 Å². The number of carbonyl (C=O) groups is 2. The predicted octanol–water partition coefficient (Wildman–Crippen LogP) is 1.50. The Morgan fingerprint density at radius 2 is 1.91 bits per heavy atom. The monoisotopic (exact) mass is 306 g/mol. The van der Waals surface area contributed by atoms with Crippen LogP contribution < -0.4 is 0 Å². The summed E-state index contributed by atoms with van der Waals surface area (Å²) in [4.78, 5) is 27.8. The van der Waals surface area contributed by atoms with Crippen LogP contribution in [0.4, 0.5) is 4.79 Å². The van der Waals surface area contributed by atoms with E-state index >= 15 is 0 Å². The second-order valence-corrected chi connectivity index (χ2v) is 5.26. The Bertz CT molecular complexity index is 506. The molecule has 0 bridgehead atoms. The minimum Gasteiger partial charge on any atom is -0.464 e. The maximum absolute atomic E-state index is 12.3. The van der Waals surface area contributed by atoms with Gasteiger partial charge in [-0.2, -0.15) is 0 Å². The molecule has 1 heterocycles. The molecule has 1 aromatic carbocycles. The van der Waals surface area contributed by atoms with Gasteiger partial charge in [-0.3, -0.25) is 4.90 Å². The van der Waals surface area contributed by atoms with Gasteiger partial charge in [0.05, 0.1) is 6.61 Å². The van der Waals surface area contributed by atoms with Crippen LogP contribution in [0.5, 0.6) is 0 Å². The average molecular weight is 306 g/mol. The van der Waals surface area contributed by atoms with Gasteiger partial charge in [0.2, 0.25) is 0 Å². The quantitative estimate of drug-likeness (QED) is 0.789. The van der Waals surface area contributed by atoms with Crippen LogP contribution in [0.1, 0.15) is 12.5 Å². The summed E-state index contributed by atoms with van der Waals surface area (Å²) in [5.74, 6) is -0.384. The van der Waals surface area contributed by atoms with E-state index in [9.17, 15) is 9.59 Å². The number of hydrogen-bond donors (Lipinski definition) is 0. The Kier molecular flexibility index (Phi) is 5.77. The number of esters is 1. The highest BCUT2D eigenvalue weighted by molar-refractivity contribution is 5.82. The van der Waals surface area contributed by atoms with Crippen molar-refractivity contribution in [3.63, 3.8) is 0 Å². The fourth-order valence-electron chi connectivity index (χ4n) is 2.38. The third kappa shape index (κ3) is 4.21.